The van der Waals surface area contributed by atoms with Gasteiger partial charge in [-0.3, -0.25) is 4.99 Å². The first-order valence-corrected chi connectivity index (χ1v) is 10.7. The molecular weight excluding hydrogens is 449 g/mol. The Balaban J connectivity index is 1.46. The van der Waals surface area contributed by atoms with Gasteiger partial charge in [-0.25, -0.2) is 8.78 Å². The number of alkyl halides is 3. The fraction of sp³-hybridized carbons (Fsp3) is 0.185. The SMILES string of the molecule is Cc1cc(-c2ccc(OC(F)(F)F)cc2)ccc1[C@H]1N=C(c2c(F)cccc2F)C2=C[C]2[C@H]1C. The molecule has 7 heteroatoms. The summed E-state index contributed by atoms with van der Waals surface area (Å²) in [4.78, 5) is 4.78. The van der Waals surface area contributed by atoms with Crippen LogP contribution in [0, 0.1) is 30.4 Å². The van der Waals surface area contributed by atoms with Crippen molar-refractivity contribution >= 4 is 5.71 Å². The smallest absolute Gasteiger partial charge is 0.406 e. The Hall–Kier alpha value is -3.48. The number of hydrogen-bond acceptors (Lipinski definition) is 2. The predicted molar refractivity (Wildman–Crippen MR) is 119 cm³/mol. The standard InChI is InChI=1S/C27H19F5NO/c1-14-12-17(16-6-9-18(10-7-16)34-27(30,31)32)8-11-19(14)25-15(2)20-13-21(20)26(33-25)24-22(28)4-3-5-23(24)29/h3-13,15,25H,1-2H3/t15-,25+/m1/s1. The Bertz CT molecular complexity index is 1300. The lowest BCUT2D eigenvalue weighted by Gasteiger charge is -2.28. The lowest BCUT2D eigenvalue weighted by molar-refractivity contribution is -0.274. The largest absolute Gasteiger partial charge is 0.573 e. The molecule has 0 fully saturated rings. The van der Waals surface area contributed by atoms with Crippen molar-refractivity contribution in [2.75, 3.05) is 0 Å². The molecule has 173 valence electrons. The fourth-order valence-electron chi connectivity index (χ4n) is 4.49. The molecule has 0 amide bonds. The minimum Gasteiger partial charge on any atom is -0.406 e. The number of hydrogen-bond donors (Lipinski definition) is 0. The van der Waals surface area contributed by atoms with Crippen molar-refractivity contribution in [1.29, 1.82) is 0 Å². The van der Waals surface area contributed by atoms with Gasteiger partial charge in [-0.1, -0.05) is 49.4 Å². The minimum absolute atomic E-state index is 0.0527. The van der Waals surface area contributed by atoms with E-state index < -0.39 is 18.0 Å². The molecule has 1 aliphatic heterocycles. The first-order chi connectivity index (χ1) is 16.1. The average molecular weight is 468 g/mol. The fourth-order valence-corrected chi connectivity index (χ4v) is 4.49. The third-order valence-corrected chi connectivity index (χ3v) is 6.22. The van der Waals surface area contributed by atoms with Crippen LogP contribution >= 0.6 is 0 Å². The average Bonchev–Trinajstić information content (AvgIpc) is 3.56. The molecule has 1 radical (unpaired) electrons. The maximum absolute atomic E-state index is 14.5. The Morgan fingerprint density at radius 1 is 0.882 bits per heavy atom. The van der Waals surface area contributed by atoms with Crippen molar-refractivity contribution in [3.8, 4) is 16.9 Å². The van der Waals surface area contributed by atoms with Gasteiger partial charge in [0.15, 0.2) is 0 Å². The molecule has 34 heavy (non-hydrogen) atoms. The van der Waals surface area contributed by atoms with Gasteiger partial charge in [0.25, 0.3) is 0 Å². The molecule has 0 spiro atoms. The van der Waals surface area contributed by atoms with E-state index in [9.17, 15) is 22.0 Å². The van der Waals surface area contributed by atoms with Gasteiger partial charge in [-0.05, 0) is 64.9 Å². The molecule has 3 aromatic rings. The number of fused-ring (bicyclic) bond motifs is 1. The molecule has 0 aromatic heterocycles. The van der Waals surface area contributed by atoms with Crippen molar-refractivity contribution in [2.24, 2.45) is 10.9 Å². The monoisotopic (exact) mass is 468 g/mol. The second kappa shape index (κ2) is 8.08. The predicted octanol–water partition coefficient (Wildman–Crippen LogP) is 7.53. The number of halogens is 5. The van der Waals surface area contributed by atoms with Gasteiger partial charge in [-0.2, -0.15) is 0 Å². The van der Waals surface area contributed by atoms with Crippen LogP contribution in [0.15, 0.2) is 77.3 Å². The second-order valence-corrected chi connectivity index (χ2v) is 8.46. The second-order valence-electron chi connectivity index (χ2n) is 8.46. The summed E-state index contributed by atoms with van der Waals surface area (Å²) in [6, 6.07) is 14.8. The van der Waals surface area contributed by atoms with Gasteiger partial charge < -0.3 is 4.74 Å². The zero-order chi connectivity index (χ0) is 24.2. The highest BCUT2D eigenvalue weighted by atomic mass is 19.4. The summed E-state index contributed by atoms with van der Waals surface area (Å²) >= 11 is 0. The molecule has 5 rings (SSSR count). The maximum Gasteiger partial charge on any atom is 0.573 e. The first kappa shape index (κ1) is 22.3. The van der Waals surface area contributed by atoms with Crippen molar-refractivity contribution in [1.82, 2.24) is 0 Å². The molecule has 1 heterocycles. The van der Waals surface area contributed by atoms with Crippen molar-refractivity contribution in [2.45, 2.75) is 26.3 Å². The van der Waals surface area contributed by atoms with Crippen molar-refractivity contribution in [3.63, 3.8) is 0 Å². The van der Waals surface area contributed by atoms with E-state index in [1.54, 1.807) is 12.1 Å². The summed E-state index contributed by atoms with van der Waals surface area (Å²) in [5, 5.41) is 0. The molecule has 0 unspecified atom stereocenters. The third kappa shape index (κ3) is 4.11. The first-order valence-electron chi connectivity index (χ1n) is 10.7. The minimum atomic E-state index is -4.74. The quantitative estimate of drug-likeness (QED) is 0.363. The Labute approximate surface area is 193 Å². The van der Waals surface area contributed by atoms with E-state index in [1.807, 2.05) is 38.1 Å². The zero-order valence-electron chi connectivity index (χ0n) is 18.3. The Kier molecular flexibility index (Phi) is 5.30. The Morgan fingerprint density at radius 2 is 1.53 bits per heavy atom. The topological polar surface area (TPSA) is 21.6 Å². The van der Waals surface area contributed by atoms with Gasteiger partial charge in [0, 0.05) is 5.92 Å². The van der Waals surface area contributed by atoms with Crippen LogP contribution in [-0.2, 0) is 0 Å². The molecule has 0 saturated carbocycles. The lowest BCUT2D eigenvalue weighted by atomic mass is 9.82. The van der Waals surface area contributed by atoms with Gasteiger partial charge >= 0.3 is 6.36 Å². The highest BCUT2D eigenvalue weighted by Gasteiger charge is 2.44. The number of ether oxygens (including phenoxy) is 1. The molecule has 3 aromatic carbocycles. The molecule has 2 aliphatic rings. The van der Waals surface area contributed by atoms with Crippen molar-refractivity contribution < 1.29 is 26.7 Å². The van der Waals surface area contributed by atoms with Crippen LogP contribution in [0.3, 0.4) is 0 Å². The van der Waals surface area contributed by atoms with E-state index in [0.29, 0.717) is 5.71 Å². The molecule has 0 bridgehead atoms. The summed E-state index contributed by atoms with van der Waals surface area (Å²) < 4.78 is 70.1. The molecule has 0 N–H and O–H groups in total. The number of rotatable bonds is 4. The molecular formula is C27H19F5NO. The number of allylic oxidation sites excluding steroid dienone is 2. The van der Waals surface area contributed by atoms with Crippen LogP contribution < -0.4 is 4.74 Å². The van der Waals surface area contributed by atoms with Crippen molar-refractivity contribution in [3.05, 3.63) is 107 Å². The van der Waals surface area contributed by atoms with Gasteiger partial charge in [-0.15, -0.1) is 13.2 Å². The van der Waals surface area contributed by atoms with Gasteiger partial charge in [0.1, 0.15) is 17.4 Å². The molecule has 2 atom stereocenters. The van der Waals surface area contributed by atoms with E-state index in [2.05, 4.69) is 4.74 Å². The highest BCUT2D eigenvalue weighted by Crippen LogP contribution is 2.52. The van der Waals surface area contributed by atoms with Crippen LogP contribution in [0.2, 0.25) is 0 Å². The van der Waals surface area contributed by atoms with Gasteiger partial charge in [0.05, 0.1) is 17.3 Å². The van der Waals surface area contributed by atoms with E-state index in [1.165, 1.54) is 30.3 Å². The van der Waals surface area contributed by atoms with E-state index in [4.69, 9.17) is 4.99 Å². The summed E-state index contributed by atoms with van der Waals surface area (Å²) in [5.74, 6) is -0.487. The van der Waals surface area contributed by atoms with Crippen LogP contribution in [0.5, 0.6) is 5.75 Å². The third-order valence-electron chi connectivity index (χ3n) is 6.22. The molecule has 2 nitrogen and oxygen atoms in total. The number of aliphatic imine (C=N–C) groups is 1. The summed E-state index contributed by atoms with van der Waals surface area (Å²) in [6.07, 6.45) is -2.82. The summed E-state index contributed by atoms with van der Waals surface area (Å²) in [7, 11) is 0. The molecule has 0 saturated heterocycles. The van der Waals surface area contributed by atoms with Crippen LogP contribution in [-0.4, -0.2) is 12.1 Å². The van der Waals surface area contributed by atoms with E-state index >= 15 is 0 Å². The normalized spacial score (nSPS) is 19.9. The highest BCUT2D eigenvalue weighted by molar-refractivity contribution is 6.20. The maximum atomic E-state index is 14.5. The summed E-state index contributed by atoms with van der Waals surface area (Å²) in [5.41, 5.74) is 4.42. The van der Waals surface area contributed by atoms with Crippen LogP contribution in [0.1, 0.15) is 29.7 Å². The van der Waals surface area contributed by atoms with E-state index in [-0.39, 0.29) is 23.3 Å². The summed E-state index contributed by atoms with van der Waals surface area (Å²) in [6.45, 7) is 3.96. The number of benzene rings is 3. The van der Waals surface area contributed by atoms with Crippen LogP contribution in [0.25, 0.3) is 11.1 Å². The van der Waals surface area contributed by atoms with Gasteiger partial charge in [0.2, 0.25) is 0 Å². The lowest BCUT2D eigenvalue weighted by Crippen LogP contribution is -2.22. The van der Waals surface area contributed by atoms with Crippen LogP contribution in [0.4, 0.5) is 22.0 Å². The van der Waals surface area contributed by atoms with E-state index in [0.717, 1.165) is 33.7 Å². The number of nitrogens with zero attached hydrogens (tertiary/aromatic N) is 1. The number of aryl methyl sites for hydroxylation is 1. The molecule has 1 aliphatic carbocycles. The Morgan fingerprint density at radius 3 is 2.15 bits per heavy atom. The zero-order valence-corrected chi connectivity index (χ0v) is 18.3.